The molecule has 20 heavy (non-hydrogen) atoms. The summed E-state index contributed by atoms with van der Waals surface area (Å²) in [6.45, 7) is 1.98. The molecule has 0 unspecified atom stereocenters. The van der Waals surface area contributed by atoms with Gasteiger partial charge in [-0.25, -0.2) is 9.55 Å². The van der Waals surface area contributed by atoms with Crippen LogP contribution in [-0.2, 0) is 6.54 Å². The Morgan fingerprint density at radius 3 is 2.65 bits per heavy atom. The molecule has 0 atom stereocenters. The zero-order chi connectivity index (χ0) is 14.5. The molecular formula is C14H15N3O3. The molecule has 6 heteroatoms. The molecule has 0 saturated heterocycles. The molecule has 104 valence electrons. The average molecular weight is 273 g/mol. The Balaban J connectivity index is 2.29. The van der Waals surface area contributed by atoms with Crippen molar-refractivity contribution in [1.29, 1.82) is 0 Å². The second-order valence-corrected chi connectivity index (χ2v) is 4.37. The van der Waals surface area contributed by atoms with Crippen LogP contribution in [0.4, 0.5) is 5.82 Å². The standard InChI is InChI=1S/C14H15N3O3/c1-11-2-4-12(5-3-11)6-7-13-14(17(19)20)16(8-9-18)10-15-13/h2-7,10,18H,8-9H2,1H3. The van der Waals surface area contributed by atoms with Gasteiger partial charge in [0.15, 0.2) is 12.0 Å². The molecule has 1 aromatic heterocycles. The normalized spacial score (nSPS) is 11.1. The lowest BCUT2D eigenvalue weighted by atomic mass is 10.1. The summed E-state index contributed by atoms with van der Waals surface area (Å²) in [5, 5.41) is 19.9. The highest BCUT2D eigenvalue weighted by Gasteiger charge is 2.19. The monoisotopic (exact) mass is 273 g/mol. The second-order valence-electron chi connectivity index (χ2n) is 4.37. The van der Waals surface area contributed by atoms with Gasteiger partial charge in [-0.15, -0.1) is 0 Å². The predicted molar refractivity (Wildman–Crippen MR) is 76.1 cm³/mol. The number of aliphatic hydroxyl groups excluding tert-OH is 1. The lowest BCUT2D eigenvalue weighted by Crippen LogP contribution is -2.05. The fourth-order valence-corrected chi connectivity index (χ4v) is 1.83. The fourth-order valence-electron chi connectivity index (χ4n) is 1.83. The smallest absolute Gasteiger partial charge is 0.350 e. The van der Waals surface area contributed by atoms with Gasteiger partial charge in [-0.1, -0.05) is 35.9 Å². The second kappa shape index (κ2) is 6.12. The van der Waals surface area contributed by atoms with Crippen LogP contribution in [-0.4, -0.2) is 26.2 Å². The van der Waals surface area contributed by atoms with Gasteiger partial charge in [0.25, 0.3) is 0 Å². The zero-order valence-electron chi connectivity index (χ0n) is 11.1. The van der Waals surface area contributed by atoms with Crippen molar-refractivity contribution in [2.45, 2.75) is 13.5 Å². The Bertz CT molecular complexity index is 630. The number of hydrogen-bond acceptors (Lipinski definition) is 4. The molecule has 1 aromatic carbocycles. The topological polar surface area (TPSA) is 81.2 Å². The van der Waals surface area contributed by atoms with Gasteiger partial charge in [-0.3, -0.25) is 0 Å². The third-order valence-electron chi connectivity index (χ3n) is 2.86. The van der Waals surface area contributed by atoms with Gasteiger partial charge in [-0.2, -0.15) is 0 Å². The van der Waals surface area contributed by atoms with E-state index >= 15 is 0 Å². The lowest BCUT2D eigenvalue weighted by molar-refractivity contribution is -0.392. The van der Waals surface area contributed by atoms with Gasteiger partial charge in [0.1, 0.15) is 6.54 Å². The van der Waals surface area contributed by atoms with E-state index in [-0.39, 0.29) is 24.7 Å². The molecule has 1 heterocycles. The van der Waals surface area contributed by atoms with Crippen LogP contribution in [0.1, 0.15) is 16.8 Å². The van der Waals surface area contributed by atoms with Crippen LogP contribution in [0.3, 0.4) is 0 Å². The van der Waals surface area contributed by atoms with Crippen molar-refractivity contribution >= 4 is 18.0 Å². The summed E-state index contributed by atoms with van der Waals surface area (Å²) < 4.78 is 1.33. The van der Waals surface area contributed by atoms with Crippen molar-refractivity contribution in [3.8, 4) is 0 Å². The molecule has 0 fully saturated rings. The molecular weight excluding hydrogens is 258 g/mol. The van der Waals surface area contributed by atoms with Crippen molar-refractivity contribution in [2.75, 3.05) is 6.61 Å². The van der Waals surface area contributed by atoms with Crippen LogP contribution in [0.2, 0.25) is 0 Å². The maximum Gasteiger partial charge on any atom is 0.350 e. The number of hydrogen-bond donors (Lipinski definition) is 1. The molecule has 0 aliphatic rings. The minimum absolute atomic E-state index is 0.109. The first-order chi connectivity index (χ1) is 9.61. The first kappa shape index (κ1) is 14.0. The molecule has 0 aliphatic heterocycles. The maximum atomic E-state index is 11.1. The molecule has 6 nitrogen and oxygen atoms in total. The number of aliphatic hydroxyl groups is 1. The Hall–Kier alpha value is -2.47. The third-order valence-corrected chi connectivity index (χ3v) is 2.86. The first-order valence-electron chi connectivity index (χ1n) is 6.17. The predicted octanol–water partition coefficient (Wildman–Crippen LogP) is 2.26. The quantitative estimate of drug-likeness (QED) is 0.669. The molecule has 0 aliphatic carbocycles. The third kappa shape index (κ3) is 3.10. The molecule has 0 bridgehead atoms. The van der Waals surface area contributed by atoms with Gasteiger partial charge < -0.3 is 15.2 Å². The Morgan fingerprint density at radius 1 is 1.35 bits per heavy atom. The van der Waals surface area contributed by atoms with E-state index in [9.17, 15) is 10.1 Å². The van der Waals surface area contributed by atoms with E-state index in [4.69, 9.17) is 5.11 Å². The van der Waals surface area contributed by atoms with Crippen molar-refractivity contribution in [1.82, 2.24) is 9.55 Å². The SMILES string of the molecule is Cc1ccc(C=Cc2ncn(CCO)c2[N+](=O)[O-])cc1. The molecule has 0 saturated carbocycles. The summed E-state index contributed by atoms with van der Waals surface area (Å²) in [5.41, 5.74) is 2.38. The summed E-state index contributed by atoms with van der Waals surface area (Å²) in [5.74, 6) is -0.109. The minimum atomic E-state index is -0.489. The maximum absolute atomic E-state index is 11.1. The van der Waals surface area contributed by atoms with Crippen molar-refractivity contribution in [2.24, 2.45) is 0 Å². The molecule has 1 N–H and O–H groups in total. The number of nitro groups is 1. The van der Waals surface area contributed by atoms with Crippen LogP contribution >= 0.6 is 0 Å². The van der Waals surface area contributed by atoms with E-state index in [1.807, 2.05) is 31.2 Å². The molecule has 0 spiro atoms. The zero-order valence-corrected chi connectivity index (χ0v) is 11.1. The summed E-state index contributed by atoms with van der Waals surface area (Å²) in [4.78, 5) is 14.6. The van der Waals surface area contributed by atoms with Gasteiger partial charge in [0.05, 0.1) is 6.61 Å². The number of imidazole rings is 1. The number of nitrogens with zero attached hydrogens (tertiary/aromatic N) is 3. The van der Waals surface area contributed by atoms with Crippen LogP contribution in [0, 0.1) is 17.0 Å². The van der Waals surface area contributed by atoms with Gasteiger partial charge in [-0.05, 0) is 23.5 Å². The summed E-state index contributed by atoms with van der Waals surface area (Å²) in [6.07, 6.45) is 4.75. The number of aromatic nitrogens is 2. The van der Waals surface area contributed by atoms with E-state index in [1.165, 1.54) is 10.9 Å². The average Bonchev–Trinajstić information content (AvgIpc) is 2.82. The van der Waals surface area contributed by atoms with E-state index in [0.29, 0.717) is 0 Å². The summed E-state index contributed by atoms with van der Waals surface area (Å²) in [6, 6.07) is 7.81. The summed E-state index contributed by atoms with van der Waals surface area (Å²) in [7, 11) is 0. The number of aryl methyl sites for hydroxylation is 1. The first-order valence-corrected chi connectivity index (χ1v) is 6.17. The molecule has 0 radical (unpaired) electrons. The minimum Gasteiger partial charge on any atom is -0.392 e. The lowest BCUT2D eigenvalue weighted by Gasteiger charge is -1.99. The summed E-state index contributed by atoms with van der Waals surface area (Å²) >= 11 is 0. The van der Waals surface area contributed by atoms with Gasteiger partial charge >= 0.3 is 5.82 Å². The molecule has 2 aromatic rings. The van der Waals surface area contributed by atoms with Crippen LogP contribution in [0.25, 0.3) is 12.2 Å². The number of rotatable bonds is 5. The van der Waals surface area contributed by atoms with Crippen LogP contribution < -0.4 is 0 Å². The molecule has 0 amide bonds. The fraction of sp³-hybridized carbons (Fsp3) is 0.214. The van der Waals surface area contributed by atoms with Crippen LogP contribution in [0.5, 0.6) is 0 Å². The highest BCUT2D eigenvalue weighted by atomic mass is 16.6. The van der Waals surface area contributed by atoms with Crippen molar-refractivity contribution < 1.29 is 10.0 Å². The van der Waals surface area contributed by atoms with Crippen molar-refractivity contribution in [3.63, 3.8) is 0 Å². The Labute approximate surface area is 116 Å². The van der Waals surface area contributed by atoms with Crippen molar-refractivity contribution in [3.05, 3.63) is 57.5 Å². The Morgan fingerprint density at radius 2 is 2.05 bits per heavy atom. The van der Waals surface area contributed by atoms with Gasteiger partial charge in [0, 0.05) is 0 Å². The van der Waals surface area contributed by atoms with Crippen LogP contribution in [0.15, 0.2) is 30.6 Å². The Kier molecular flexibility index (Phi) is 4.27. The van der Waals surface area contributed by atoms with E-state index in [0.717, 1.165) is 11.1 Å². The highest BCUT2D eigenvalue weighted by Crippen LogP contribution is 2.20. The van der Waals surface area contributed by atoms with Gasteiger partial charge in [0.2, 0.25) is 0 Å². The molecule has 2 rings (SSSR count). The largest absolute Gasteiger partial charge is 0.392 e. The highest BCUT2D eigenvalue weighted by molar-refractivity contribution is 5.71. The number of benzene rings is 1. The van der Waals surface area contributed by atoms with E-state index < -0.39 is 4.92 Å². The van der Waals surface area contributed by atoms with E-state index in [2.05, 4.69) is 4.98 Å². The van der Waals surface area contributed by atoms with E-state index in [1.54, 1.807) is 12.2 Å².